The van der Waals surface area contributed by atoms with E-state index in [1.165, 1.54) is 0 Å². The fraction of sp³-hybridized carbons (Fsp3) is 0.125. The smallest absolute Gasteiger partial charge is 0.256 e. The highest BCUT2D eigenvalue weighted by atomic mass is 16.5. The standard InChI is InChI=1S/C24H23NO4/c1-27-20-12-9-17(10-13-20)15-21(18-7-5-4-6-8-18)24(26)25-19-11-14-22(28-2)23(16-19)29-3/h4-16H,1-3H3,(H,25,26)/b21-15+. The van der Waals surface area contributed by atoms with E-state index in [1.54, 1.807) is 39.5 Å². The number of ether oxygens (including phenoxy) is 3. The number of benzene rings is 3. The second-order valence-corrected chi connectivity index (χ2v) is 6.22. The van der Waals surface area contributed by atoms with Crippen LogP contribution in [0.2, 0.25) is 0 Å². The van der Waals surface area contributed by atoms with Gasteiger partial charge in [0.05, 0.1) is 21.3 Å². The first kappa shape index (κ1) is 20.0. The van der Waals surface area contributed by atoms with Crippen LogP contribution in [0.15, 0.2) is 72.8 Å². The Morgan fingerprint density at radius 3 is 2.10 bits per heavy atom. The molecule has 0 saturated carbocycles. The Morgan fingerprint density at radius 2 is 1.48 bits per heavy atom. The van der Waals surface area contributed by atoms with Crippen LogP contribution < -0.4 is 19.5 Å². The van der Waals surface area contributed by atoms with Gasteiger partial charge in [0.25, 0.3) is 5.91 Å². The van der Waals surface area contributed by atoms with Crippen LogP contribution in [0.4, 0.5) is 5.69 Å². The number of methoxy groups -OCH3 is 3. The minimum absolute atomic E-state index is 0.223. The minimum atomic E-state index is -0.223. The lowest BCUT2D eigenvalue weighted by molar-refractivity contribution is -0.111. The monoisotopic (exact) mass is 389 g/mol. The van der Waals surface area contributed by atoms with Crippen molar-refractivity contribution in [3.63, 3.8) is 0 Å². The van der Waals surface area contributed by atoms with Gasteiger partial charge in [0, 0.05) is 17.3 Å². The molecule has 0 saturated heterocycles. The topological polar surface area (TPSA) is 56.8 Å². The molecule has 0 atom stereocenters. The van der Waals surface area contributed by atoms with E-state index in [1.807, 2.05) is 60.7 Å². The first-order valence-electron chi connectivity index (χ1n) is 9.09. The molecule has 148 valence electrons. The molecule has 0 aliphatic rings. The summed E-state index contributed by atoms with van der Waals surface area (Å²) in [7, 11) is 4.75. The Hall–Kier alpha value is -3.73. The van der Waals surface area contributed by atoms with Crippen molar-refractivity contribution in [1.82, 2.24) is 0 Å². The molecule has 0 aliphatic heterocycles. The maximum Gasteiger partial charge on any atom is 0.256 e. The van der Waals surface area contributed by atoms with Crippen molar-refractivity contribution in [2.24, 2.45) is 0 Å². The minimum Gasteiger partial charge on any atom is -0.497 e. The normalized spacial score (nSPS) is 10.9. The highest BCUT2D eigenvalue weighted by Crippen LogP contribution is 2.30. The van der Waals surface area contributed by atoms with E-state index in [4.69, 9.17) is 14.2 Å². The summed E-state index contributed by atoms with van der Waals surface area (Å²) in [5.41, 5.74) is 2.88. The van der Waals surface area contributed by atoms with Gasteiger partial charge in [-0.3, -0.25) is 4.79 Å². The molecule has 1 N–H and O–H groups in total. The number of hydrogen-bond acceptors (Lipinski definition) is 4. The van der Waals surface area contributed by atoms with Gasteiger partial charge in [-0.1, -0.05) is 42.5 Å². The molecule has 0 spiro atoms. The van der Waals surface area contributed by atoms with E-state index in [2.05, 4.69) is 5.32 Å². The second kappa shape index (κ2) is 9.46. The summed E-state index contributed by atoms with van der Waals surface area (Å²) >= 11 is 0. The Balaban J connectivity index is 1.93. The summed E-state index contributed by atoms with van der Waals surface area (Å²) < 4.78 is 15.8. The number of carbonyl (C=O) groups excluding carboxylic acids is 1. The highest BCUT2D eigenvalue weighted by Gasteiger charge is 2.14. The van der Waals surface area contributed by atoms with Crippen molar-refractivity contribution < 1.29 is 19.0 Å². The molecule has 0 aromatic heterocycles. The van der Waals surface area contributed by atoms with E-state index in [9.17, 15) is 4.79 Å². The number of anilines is 1. The van der Waals surface area contributed by atoms with Crippen LogP contribution in [-0.4, -0.2) is 27.2 Å². The maximum absolute atomic E-state index is 13.1. The number of hydrogen-bond donors (Lipinski definition) is 1. The number of carbonyl (C=O) groups is 1. The van der Waals surface area contributed by atoms with Gasteiger partial charge in [0.15, 0.2) is 11.5 Å². The van der Waals surface area contributed by atoms with Crippen molar-refractivity contribution in [2.75, 3.05) is 26.6 Å². The summed E-state index contributed by atoms with van der Waals surface area (Å²) in [5, 5.41) is 2.94. The van der Waals surface area contributed by atoms with Crippen LogP contribution in [-0.2, 0) is 4.79 Å². The Bertz CT molecular complexity index is 995. The summed E-state index contributed by atoms with van der Waals surface area (Å²) in [6, 6.07) is 22.3. The van der Waals surface area contributed by atoms with Crippen molar-refractivity contribution >= 4 is 23.2 Å². The van der Waals surface area contributed by atoms with E-state index in [0.717, 1.165) is 16.9 Å². The molecule has 3 aromatic carbocycles. The number of amides is 1. The zero-order chi connectivity index (χ0) is 20.6. The first-order chi connectivity index (χ1) is 14.1. The predicted molar refractivity (Wildman–Crippen MR) is 115 cm³/mol. The SMILES string of the molecule is COc1ccc(/C=C(/C(=O)Nc2ccc(OC)c(OC)c2)c2ccccc2)cc1. The average Bonchev–Trinajstić information content (AvgIpc) is 2.78. The second-order valence-electron chi connectivity index (χ2n) is 6.22. The van der Waals surface area contributed by atoms with Crippen LogP contribution in [0.1, 0.15) is 11.1 Å². The van der Waals surface area contributed by atoms with Gasteiger partial charge >= 0.3 is 0 Å². The molecule has 0 fully saturated rings. The van der Waals surface area contributed by atoms with E-state index < -0.39 is 0 Å². The van der Waals surface area contributed by atoms with E-state index >= 15 is 0 Å². The quantitative estimate of drug-likeness (QED) is 0.462. The molecule has 0 aliphatic carbocycles. The number of rotatable bonds is 7. The molecule has 0 heterocycles. The molecule has 0 unspecified atom stereocenters. The molecular weight excluding hydrogens is 366 g/mol. The van der Waals surface area contributed by atoms with Crippen molar-refractivity contribution in [3.05, 3.63) is 83.9 Å². The first-order valence-corrected chi connectivity index (χ1v) is 9.09. The predicted octanol–water partition coefficient (Wildman–Crippen LogP) is 4.89. The van der Waals surface area contributed by atoms with Crippen molar-refractivity contribution in [2.45, 2.75) is 0 Å². The third-order valence-corrected chi connectivity index (χ3v) is 4.40. The van der Waals surface area contributed by atoms with Crippen molar-refractivity contribution in [3.8, 4) is 17.2 Å². The lowest BCUT2D eigenvalue weighted by Gasteiger charge is -2.12. The van der Waals surface area contributed by atoms with Gasteiger partial charge in [0.1, 0.15) is 5.75 Å². The molecule has 0 bridgehead atoms. The average molecular weight is 389 g/mol. The molecule has 5 heteroatoms. The van der Waals surface area contributed by atoms with Crippen LogP contribution in [0.3, 0.4) is 0 Å². The van der Waals surface area contributed by atoms with Crippen LogP contribution in [0, 0.1) is 0 Å². The third-order valence-electron chi connectivity index (χ3n) is 4.40. The molecule has 29 heavy (non-hydrogen) atoms. The van der Waals surface area contributed by atoms with Gasteiger partial charge in [-0.25, -0.2) is 0 Å². The summed E-state index contributed by atoms with van der Waals surface area (Å²) in [4.78, 5) is 13.1. The molecular formula is C24H23NO4. The molecule has 5 nitrogen and oxygen atoms in total. The Kier molecular flexibility index (Phi) is 6.53. The molecule has 1 amide bonds. The third kappa shape index (κ3) is 4.96. The summed E-state index contributed by atoms with van der Waals surface area (Å²) in [6.45, 7) is 0. The Labute approximate surface area is 170 Å². The Morgan fingerprint density at radius 1 is 0.793 bits per heavy atom. The van der Waals surface area contributed by atoms with E-state index in [0.29, 0.717) is 22.8 Å². The fourth-order valence-corrected chi connectivity index (χ4v) is 2.88. The van der Waals surface area contributed by atoms with Gasteiger partial charge in [-0.2, -0.15) is 0 Å². The highest BCUT2D eigenvalue weighted by molar-refractivity contribution is 6.29. The maximum atomic E-state index is 13.1. The van der Waals surface area contributed by atoms with Gasteiger partial charge < -0.3 is 19.5 Å². The van der Waals surface area contributed by atoms with Crippen LogP contribution in [0.25, 0.3) is 11.6 Å². The molecule has 0 radical (unpaired) electrons. The van der Waals surface area contributed by atoms with Crippen molar-refractivity contribution in [1.29, 1.82) is 0 Å². The lowest BCUT2D eigenvalue weighted by atomic mass is 10.0. The van der Waals surface area contributed by atoms with E-state index in [-0.39, 0.29) is 5.91 Å². The largest absolute Gasteiger partial charge is 0.497 e. The van der Waals surface area contributed by atoms with Gasteiger partial charge in [0.2, 0.25) is 0 Å². The zero-order valence-corrected chi connectivity index (χ0v) is 16.6. The van der Waals surface area contributed by atoms with Gasteiger partial charge in [-0.05, 0) is 41.5 Å². The van der Waals surface area contributed by atoms with Crippen LogP contribution >= 0.6 is 0 Å². The lowest BCUT2D eigenvalue weighted by Crippen LogP contribution is -2.13. The van der Waals surface area contributed by atoms with Gasteiger partial charge in [-0.15, -0.1) is 0 Å². The molecule has 3 aromatic rings. The zero-order valence-electron chi connectivity index (χ0n) is 16.6. The number of nitrogens with one attached hydrogen (secondary N) is 1. The summed E-state index contributed by atoms with van der Waals surface area (Å²) in [6.07, 6.45) is 1.85. The van der Waals surface area contributed by atoms with Crippen LogP contribution in [0.5, 0.6) is 17.2 Å². The fourth-order valence-electron chi connectivity index (χ4n) is 2.88. The summed E-state index contributed by atoms with van der Waals surface area (Å²) in [5.74, 6) is 1.69. The molecule has 3 rings (SSSR count).